The highest BCUT2D eigenvalue weighted by atomic mass is 15.2. The van der Waals surface area contributed by atoms with Crippen LogP contribution in [0.15, 0.2) is 36.7 Å². The molecule has 0 radical (unpaired) electrons. The van der Waals surface area contributed by atoms with E-state index in [9.17, 15) is 0 Å². The van der Waals surface area contributed by atoms with Gasteiger partial charge in [-0.3, -0.25) is 9.67 Å². The molecular weight excluding hydrogens is 174 g/mol. The Morgan fingerprint density at radius 1 is 1.07 bits per heavy atom. The Bertz CT molecular complexity index is 610. The van der Waals surface area contributed by atoms with Crippen LogP contribution >= 0.6 is 0 Å². The SMILES string of the molecule is Cn1cc2ccc3cccnc3c2n1. The number of pyridine rings is 1. The first-order valence-corrected chi connectivity index (χ1v) is 4.52. The van der Waals surface area contributed by atoms with Gasteiger partial charge >= 0.3 is 0 Å². The van der Waals surface area contributed by atoms with Crippen LogP contribution in [0.25, 0.3) is 21.8 Å². The summed E-state index contributed by atoms with van der Waals surface area (Å²) in [5, 5.41) is 6.67. The van der Waals surface area contributed by atoms with Crippen molar-refractivity contribution in [1.82, 2.24) is 14.8 Å². The third kappa shape index (κ3) is 0.923. The number of nitrogens with zero attached hydrogens (tertiary/aromatic N) is 3. The normalized spacial score (nSPS) is 11.2. The van der Waals surface area contributed by atoms with Gasteiger partial charge in [-0.1, -0.05) is 18.2 Å². The Kier molecular flexibility index (Phi) is 1.36. The number of aromatic nitrogens is 3. The largest absolute Gasteiger partial charge is 0.275 e. The predicted octanol–water partition coefficient (Wildman–Crippen LogP) is 2.12. The molecule has 0 fully saturated rings. The van der Waals surface area contributed by atoms with Crippen LogP contribution in [0.4, 0.5) is 0 Å². The van der Waals surface area contributed by atoms with E-state index in [0.717, 1.165) is 21.8 Å². The summed E-state index contributed by atoms with van der Waals surface area (Å²) >= 11 is 0. The number of aryl methyl sites for hydroxylation is 1. The van der Waals surface area contributed by atoms with Crippen molar-refractivity contribution in [2.45, 2.75) is 0 Å². The summed E-state index contributed by atoms with van der Waals surface area (Å²) in [6, 6.07) is 8.15. The van der Waals surface area contributed by atoms with Gasteiger partial charge in [0.05, 0.1) is 5.52 Å². The molecule has 0 atom stereocenters. The van der Waals surface area contributed by atoms with Crippen molar-refractivity contribution in [1.29, 1.82) is 0 Å². The van der Waals surface area contributed by atoms with Gasteiger partial charge in [0, 0.05) is 30.2 Å². The molecule has 0 aliphatic carbocycles. The van der Waals surface area contributed by atoms with Gasteiger partial charge < -0.3 is 0 Å². The maximum atomic E-state index is 4.40. The fourth-order valence-corrected chi connectivity index (χ4v) is 1.74. The maximum Gasteiger partial charge on any atom is 0.118 e. The summed E-state index contributed by atoms with van der Waals surface area (Å²) in [5.74, 6) is 0. The summed E-state index contributed by atoms with van der Waals surface area (Å²) < 4.78 is 1.82. The van der Waals surface area contributed by atoms with Gasteiger partial charge in [0.15, 0.2) is 0 Å². The van der Waals surface area contributed by atoms with Crippen molar-refractivity contribution in [2.75, 3.05) is 0 Å². The standard InChI is InChI=1S/C11H9N3/c1-14-7-9-5-4-8-3-2-6-12-10(8)11(9)13-14/h2-7H,1H3. The van der Waals surface area contributed by atoms with Crippen molar-refractivity contribution in [3.8, 4) is 0 Å². The molecule has 0 unspecified atom stereocenters. The number of hydrogen-bond acceptors (Lipinski definition) is 2. The number of rotatable bonds is 0. The predicted molar refractivity (Wildman–Crippen MR) is 56.0 cm³/mol. The molecule has 68 valence electrons. The molecule has 3 rings (SSSR count). The molecule has 3 heteroatoms. The molecule has 0 spiro atoms. The van der Waals surface area contributed by atoms with E-state index in [0.29, 0.717) is 0 Å². The fourth-order valence-electron chi connectivity index (χ4n) is 1.74. The Balaban J connectivity index is 2.60. The van der Waals surface area contributed by atoms with E-state index in [-0.39, 0.29) is 0 Å². The fraction of sp³-hybridized carbons (Fsp3) is 0.0909. The van der Waals surface area contributed by atoms with Crippen LogP contribution in [0, 0.1) is 0 Å². The lowest BCUT2D eigenvalue weighted by molar-refractivity contribution is 0.780. The molecule has 0 saturated carbocycles. The van der Waals surface area contributed by atoms with Gasteiger partial charge in [0.1, 0.15) is 5.52 Å². The minimum atomic E-state index is 0.977. The second kappa shape index (κ2) is 2.54. The summed E-state index contributed by atoms with van der Waals surface area (Å²) in [6.45, 7) is 0. The van der Waals surface area contributed by atoms with E-state index in [1.165, 1.54) is 0 Å². The molecule has 0 amide bonds. The molecule has 2 heterocycles. The molecule has 3 aromatic rings. The van der Waals surface area contributed by atoms with E-state index in [1.54, 1.807) is 6.20 Å². The highest BCUT2D eigenvalue weighted by Gasteiger charge is 2.03. The van der Waals surface area contributed by atoms with Crippen LogP contribution in [0.1, 0.15) is 0 Å². The summed E-state index contributed by atoms with van der Waals surface area (Å²) in [4.78, 5) is 4.35. The maximum absolute atomic E-state index is 4.40. The number of hydrogen-bond donors (Lipinski definition) is 0. The molecule has 0 saturated heterocycles. The minimum absolute atomic E-state index is 0.977. The van der Waals surface area contributed by atoms with E-state index in [4.69, 9.17) is 0 Å². The van der Waals surface area contributed by atoms with Crippen molar-refractivity contribution < 1.29 is 0 Å². The Hall–Kier alpha value is -1.90. The second-order valence-electron chi connectivity index (χ2n) is 3.38. The van der Waals surface area contributed by atoms with E-state index in [1.807, 2.05) is 24.0 Å². The number of benzene rings is 1. The lowest BCUT2D eigenvalue weighted by Gasteiger charge is -1.95. The van der Waals surface area contributed by atoms with Gasteiger partial charge in [0.2, 0.25) is 0 Å². The molecule has 2 aromatic heterocycles. The Morgan fingerprint density at radius 2 is 1.93 bits per heavy atom. The molecule has 3 nitrogen and oxygen atoms in total. The molecule has 0 aliphatic heterocycles. The van der Waals surface area contributed by atoms with Crippen LogP contribution in [-0.4, -0.2) is 14.8 Å². The van der Waals surface area contributed by atoms with Crippen molar-refractivity contribution in [2.24, 2.45) is 7.05 Å². The van der Waals surface area contributed by atoms with E-state index < -0.39 is 0 Å². The Labute approximate surface area is 81.0 Å². The zero-order chi connectivity index (χ0) is 9.54. The van der Waals surface area contributed by atoms with Crippen molar-refractivity contribution >= 4 is 21.8 Å². The van der Waals surface area contributed by atoms with Crippen molar-refractivity contribution in [3.63, 3.8) is 0 Å². The highest BCUT2D eigenvalue weighted by Crippen LogP contribution is 2.21. The van der Waals surface area contributed by atoms with Crippen LogP contribution < -0.4 is 0 Å². The van der Waals surface area contributed by atoms with Gasteiger partial charge in [0.25, 0.3) is 0 Å². The zero-order valence-corrected chi connectivity index (χ0v) is 7.81. The lowest BCUT2D eigenvalue weighted by Crippen LogP contribution is -1.86. The van der Waals surface area contributed by atoms with Gasteiger partial charge in [-0.15, -0.1) is 0 Å². The van der Waals surface area contributed by atoms with E-state index in [2.05, 4.69) is 28.3 Å². The third-order valence-corrected chi connectivity index (χ3v) is 2.36. The van der Waals surface area contributed by atoms with Crippen LogP contribution in [0.3, 0.4) is 0 Å². The molecule has 0 bridgehead atoms. The first-order valence-electron chi connectivity index (χ1n) is 4.52. The zero-order valence-electron chi connectivity index (χ0n) is 7.81. The summed E-state index contributed by atoms with van der Waals surface area (Å²) in [6.07, 6.45) is 3.81. The van der Waals surface area contributed by atoms with Crippen molar-refractivity contribution in [3.05, 3.63) is 36.7 Å². The average Bonchev–Trinajstić information content (AvgIpc) is 2.59. The topological polar surface area (TPSA) is 30.7 Å². The first kappa shape index (κ1) is 7.50. The highest BCUT2D eigenvalue weighted by molar-refractivity contribution is 6.02. The molecule has 14 heavy (non-hydrogen) atoms. The molecule has 0 aliphatic rings. The van der Waals surface area contributed by atoms with Gasteiger partial charge in [-0.25, -0.2) is 0 Å². The molecule has 0 N–H and O–H groups in total. The van der Waals surface area contributed by atoms with E-state index >= 15 is 0 Å². The molecular formula is C11H9N3. The Morgan fingerprint density at radius 3 is 2.86 bits per heavy atom. The summed E-state index contributed by atoms with van der Waals surface area (Å²) in [7, 11) is 1.93. The number of fused-ring (bicyclic) bond motifs is 3. The lowest BCUT2D eigenvalue weighted by atomic mass is 10.1. The summed E-state index contributed by atoms with van der Waals surface area (Å²) in [5.41, 5.74) is 1.95. The minimum Gasteiger partial charge on any atom is -0.275 e. The monoisotopic (exact) mass is 183 g/mol. The smallest absolute Gasteiger partial charge is 0.118 e. The van der Waals surface area contributed by atoms with Crippen LogP contribution in [0.2, 0.25) is 0 Å². The first-order chi connectivity index (χ1) is 6.84. The molecule has 1 aromatic carbocycles. The quantitative estimate of drug-likeness (QED) is 0.534. The van der Waals surface area contributed by atoms with Crippen LogP contribution in [-0.2, 0) is 7.05 Å². The van der Waals surface area contributed by atoms with Gasteiger partial charge in [-0.05, 0) is 6.07 Å². The second-order valence-corrected chi connectivity index (χ2v) is 3.38. The average molecular weight is 183 g/mol. The van der Waals surface area contributed by atoms with Gasteiger partial charge in [-0.2, -0.15) is 5.10 Å². The van der Waals surface area contributed by atoms with Crippen LogP contribution in [0.5, 0.6) is 0 Å². The third-order valence-electron chi connectivity index (χ3n) is 2.36.